The van der Waals surface area contributed by atoms with Crippen LogP contribution in [0.25, 0.3) is 0 Å². The van der Waals surface area contributed by atoms with E-state index in [1.165, 1.54) is 0 Å². The van der Waals surface area contributed by atoms with Crippen molar-refractivity contribution in [1.82, 2.24) is 5.32 Å². The van der Waals surface area contributed by atoms with Gasteiger partial charge in [0.2, 0.25) is 0 Å². The molecule has 0 saturated heterocycles. The Morgan fingerprint density at radius 2 is 1.60 bits per heavy atom. The van der Waals surface area contributed by atoms with Gasteiger partial charge < -0.3 is 19.5 Å². The van der Waals surface area contributed by atoms with Crippen molar-refractivity contribution in [3.8, 4) is 11.5 Å². The zero-order valence-electron chi connectivity index (χ0n) is 24.2. The molecule has 0 radical (unpaired) electrons. The minimum absolute atomic E-state index is 0.0460. The largest absolute Gasteiger partial charge is 0.493 e. The Bertz CT molecular complexity index is 1520. The predicted octanol–water partition coefficient (Wildman–Crippen LogP) is 7.12. The van der Waals surface area contributed by atoms with Gasteiger partial charge in [0, 0.05) is 29.3 Å². The fourth-order valence-corrected chi connectivity index (χ4v) is 6.54. The monoisotopic (exact) mass is 563 g/mol. The molecular formula is C36H37NO5. The van der Waals surface area contributed by atoms with E-state index in [2.05, 4.69) is 17.4 Å². The van der Waals surface area contributed by atoms with E-state index in [0.29, 0.717) is 42.1 Å². The van der Waals surface area contributed by atoms with E-state index >= 15 is 0 Å². The third-order valence-corrected chi connectivity index (χ3v) is 8.65. The van der Waals surface area contributed by atoms with Gasteiger partial charge in [-0.15, -0.1) is 0 Å². The normalized spacial score (nSPS) is 20.7. The Hall–Kier alpha value is -4.32. The number of benzene rings is 3. The van der Waals surface area contributed by atoms with E-state index in [9.17, 15) is 9.59 Å². The van der Waals surface area contributed by atoms with Crippen LogP contribution in [0.4, 0.5) is 0 Å². The molecule has 3 aliphatic rings. The number of carbonyl (C=O) groups is 2. The lowest BCUT2D eigenvalue weighted by molar-refractivity contribution is -0.144. The van der Waals surface area contributed by atoms with E-state index in [-0.39, 0.29) is 23.8 Å². The number of hydrogen-bond acceptors (Lipinski definition) is 6. The number of hydrogen-bond donors (Lipinski definition) is 1. The van der Waals surface area contributed by atoms with Crippen molar-refractivity contribution in [2.45, 2.75) is 70.0 Å². The lowest BCUT2D eigenvalue weighted by Crippen LogP contribution is -2.36. The van der Waals surface area contributed by atoms with Crippen LogP contribution in [-0.4, -0.2) is 25.0 Å². The molecule has 42 heavy (non-hydrogen) atoms. The number of esters is 1. The van der Waals surface area contributed by atoms with Gasteiger partial charge in [0.1, 0.15) is 12.7 Å². The van der Waals surface area contributed by atoms with Crippen LogP contribution < -0.4 is 14.8 Å². The van der Waals surface area contributed by atoms with Crippen molar-refractivity contribution in [2.24, 2.45) is 0 Å². The quantitative estimate of drug-likeness (QED) is 0.294. The second-order valence-corrected chi connectivity index (χ2v) is 11.4. The van der Waals surface area contributed by atoms with Gasteiger partial charge >= 0.3 is 5.97 Å². The Labute approximate surface area is 247 Å². The lowest BCUT2D eigenvalue weighted by Gasteiger charge is -2.37. The first-order valence-electron chi connectivity index (χ1n) is 14.9. The zero-order chi connectivity index (χ0) is 29.1. The van der Waals surface area contributed by atoms with E-state index in [4.69, 9.17) is 14.2 Å². The van der Waals surface area contributed by atoms with Crippen LogP contribution in [-0.2, 0) is 20.9 Å². The molecule has 0 bridgehead atoms. The van der Waals surface area contributed by atoms with E-state index < -0.39 is 5.92 Å². The molecule has 0 spiro atoms. The molecule has 2 atom stereocenters. The number of nitrogens with one attached hydrogen (secondary N) is 1. The highest BCUT2D eigenvalue weighted by Crippen LogP contribution is 2.47. The summed E-state index contributed by atoms with van der Waals surface area (Å²) in [5.74, 6) is 0.360. The summed E-state index contributed by atoms with van der Waals surface area (Å²) in [6.45, 7) is 2.31. The van der Waals surface area contributed by atoms with Gasteiger partial charge in [-0.05, 0) is 73.8 Å². The second kappa shape index (κ2) is 12.3. The fourth-order valence-electron chi connectivity index (χ4n) is 6.54. The summed E-state index contributed by atoms with van der Waals surface area (Å²) in [7, 11) is 1.61. The SMILES string of the molecule is COc1cc([C@@H]2C(C(=O)OC3CCCC3)=C(C)NC3=C2C(=O)C[C@@H](c2ccccc2)C3)ccc1OCc1ccccc1. The second-order valence-electron chi connectivity index (χ2n) is 11.4. The number of ether oxygens (including phenoxy) is 3. The number of allylic oxidation sites excluding steroid dienone is 3. The van der Waals surface area contributed by atoms with Crippen molar-refractivity contribution >= 4 is 11.8 Å². The number of dihydropyridines is 1. The average molecular weight is 564 g/mol. The number of rotatable bonds is 8. The highest BCUT2D eigenvalue weighted by Gasteiger charge is 2.42. The summed E-state index contributed by atoms with van der Waals surface area (Å²) >= 11 is 0. The summed E-state index contributed by atoms with van der Waals surface area (Å²) in [6, 6.07) is 25.8. The highest BCUT2D eigenvalue weighted by atomic mass is 16.5. The highest BCUT2D eigenvalue weighted by molar-refractivity contribution is 6.04. The van der Waals surface area contributed by atoms with Gasteiger partial charge in [0.25, 0.3) is 0 Å². The molecule has 6 rings (SSSR count). The molecule has 2 aliphatic carbocycles. The van der Waals surface area contributed by atoms with E-state index in [1.807, 2.05) is 73.7 Å². The average Bonchev–Trinajstić information content (AvgIpc) is 3.53. The Morgan fingerprint density at radius 3 is 2.31 bits per heavy atom. The standard InChI is InChI=1S/C36H37NO5/c1-23-33(36(39)42-28-15-9-10-16-28)34(35-29(37-23)19-27(20-30(35)38)25-13-7-4-8-14-25)26-17-18-31(32(21-26)40-2)41-22-24-11-5-3-6-12-24/h3-8,11-14,17-18,21,27-28,34,37H,9-10,15-16,19-20,22H2,1-2H3/t27-,34+/m0/s1. The smallest absolute Gasteiger partial charge is 0.337 e. The lowest BCUT2D eigenvalue weighted by atomic mass is 9.71. The predicted molar refractivity (Wildman–Crippen MR) is 161 cm³/mol. The molecule has 0 aromatic heterocycles. The molecular weight excluding hydrogens is 526 g/mol. The van der Waals surface area contributed by atoms with Gasteiger partial charge in [0.05, 0.1) is 12.7 Å². The minimum Gasteiger partial charge on any atom is -0.493 e. The third kappa shape index (κ3) is 5.71. The van der Waals surface area contributed by atoms with Crippen LogP contribution in [0.15, 0.2) is 101 Å². The van der Waals surface area contributed by atoms with Crippen LogP contribution >= 0.6 is 0 Å². The molecule has 216 valence electrons. The Kier molecular flexibility index (Phi) is 8.13. The van der Waals surface area contributed by atoms with Crippen molar-refractivity contribution < 1.29 is 23.8 Å². The molecule has 1 N–H and O–H groups in total. The summed E-state index contributed by atoms with van der Waals surface area (Å²) in [5, 5.41) is 3.46. The molecule has 1 fully saturated rings. The minimum atomic E-state index is -0.559. The van der Waals surface area contributed by atoms with Gasteiger partial charge in [-0.1, -0.05) is 66.7 Å². The third-order valence-electron chi connectivity index (χ3n) is 8.65. The first kappa shape index (κ1) is 27.8. The topological polar surface area (TPSA) is 73.9 Å². The van der Waals surface area contributed by atoms with E-state index in [0.717, 1.165) is 53.8 Å². The van der Waals surface area contributed by atoms with Crippen molar-refractivity contribution in [3.63, 3.8) is 0 Å². The van der Waals surface area contributed by atoms with Crippen molar-refractivity contribution in [2.75, 3.05) is 7.11 Å². The summed E-state index contributed by atoms with van der Waals surface area (Å²) in [6.07, 6.45) is 4.88. The molecule has 3 aromatic rings. The molecule has 1 saturated carbocycles. The molecule has 0 unspecified atom stereocenters. The first-order valence-corrected chi connectivity index (χ1v) is 14.9. The van der Waals surface area contributed by atoms with E-state index in [1.54, 1.807) is 7.11 Å². The molecule has 6 nitrogen and oxygen atoms in total. The maximum atomic E-state index is 14.0. The van der Waals surface area contributed by atoms with Gasteiger partial charge in [0.15, 0.2) is 17.3 Å². The molecule has 3 aromatic carbocycles. The maximum Gasteiger partial charge on any atom is 0.337 e. The first-order chi connectivity index (χ1) is 20.5. The van der Waals surface area contributed by atoms with Crippen LogP contribution in [0.1, 0.15) is 74.0 Å². The number of ketones is 1. The van der Waals surface area contributed by atoms with Crippen molar-refractivity contribution in [3.05, 3.63) is 118 Å². The maximum absolute atomic E-state index is 14.0. The Balaban J connectivity index is 1.37. The number of methoxy groups -OCH3 is 1. The van der Waals surface area contributed by atoms with Gasteiger partial charge in [-0.25, -0.2) is 4.79 Å². The van der Waals surface area contributed by atoms with Crippen LogP contribution in [0.2, 0.25) is 0 Å². The van der Waals surface area contributed by atoms with Crippen LogP contribution in [0, 0.1) is 0 Å². The number of carbonyl (C=O) groups excluding carboxylic acids is 2. The summed E-state index contributed by atoms with van der Waals surface area (Å²) in [4.78, 5) is 27.8. The Morgan fingerprint density at radius 1 is 0.881 bits per heavy atom. The molecule has 1 aliphatic heterocycles. The van der Waals surface area contributed by atoms with Gasteiger partial charge in [-0.3, -0.25) is 4.79 Å². The zero-order valence-corrected chi connectivity index (χ0v) is 24.2. The van der Waals surface area contributed by atoms with Crippen LogP contribution in [0.5, 0.6) is 11.5 Å². The van der Waals surface area contributed by atoms with Crippen molar-refractivity contribution in [1.29, 1.82) is 0 Å². The summed E-state index contributed by atoms with van der Waals surface area (Å²) in [5.41, 5.74) is 5.74. The molecule has 0 amide bonds. The molecule has 6 heteroatoms. The number of Topliss-reactive ketones (excluding diaryl/α,β-unsaturated/α-hetero) is 1. The molecule has 1 heterocycles. The van der Waals surface area contributed by atoms with Crippen LogP contribution in [0.3, 0.4) is 0 Å². The fraction of sp³-hybridized carbons (Fsp3) is 0.333. The summed E-state index contributed by atoms with van der Waals surface area (Å²) < 4.78 is 17.9. The van der Waals surface area contributed by atoms with Gasteiger partial charge in [-0.2, -0.15) is 0 Å².